The van der Waals surface area contributed by atoms with Gasteiger partial charge in [0.1, 0.15) is 34.9 Å². The van der Waals surface area contributed by atoms with Gasteiger partial charge < -0.3 is 50.8 Å². The van der Waals surface area contributed by atoms with E-state index in [4.69, 9.17) is 10.2 Å². The molecule has 1 aliphatic carbocycles. The molecule has 0 saturated heterocycles. The molecule has 56 heavy (non-hydrogen) atoms. The summed E-state index contributed by atoms with van der Waals surface area (Å²) in [5.41, 5.74) is 3.83. The molecule has 1 aliphatic heterocycles. The van der Waals surface area contributed by atoms with E-state index in [0.29, 0.717) is 5.56 Å². The number of carboxylic acid groups (broad SMARTS) is 2. The number of fused-ring (bicyclic) bond motifs is 2. The van der Waals surface area contributed by atoms with Gasteiger partial charge in [-0.25, -0.2) is 14.6 Å². The number of carbonyl (C=O) groups is 7. The van der Waals surface area contributed by atoms with E-state index < -0.39 is 107 Å². The molecule has 1 aromatic rings. The molecule has 0 radical (unpaired) electrons. The van der Waals surface area contributed by atoms with Gasteiger partial charge in [-0.2, -0.15) is 0 Å². The van der Waals surface area contributed by atoms with Gasteiger partial charge in [-0.1, -0.05) is 33.8 Å². The molecule has 0 saturated carbocycles. The van der Waals surface area contributed by atoms with Crippen LogP contribution >= 0.6 is 0 Å². The number of aliphatic carboxylic acids is 1. The second-order valence-corrected chi connectivity index (χ2v) is 14.4. The maximum atomic E-state index is 13.8. The average molecular weight is 784 g/mol. The van der Waals surface area contributed by atoms with Crippen LogP contribution in [0.1, 0.15) is 66.5 Å². The number of aryl methyl sites for hydroxylation is 1. The number of aliphatic hydroxyl groups is 1. The molecule has 2 aliphatic rings. The molecule has 1 heterocycles. The van der Waals surface area contributed by atoms with Gasteiger partial charge >= 0.3 is 11.9 Å². The fourth-order valence-electron chi connectivity index (χ4n) is 6.07. The Hall–Kier alpha value is -6.11. The van der Waals surface area contributed by atoms with Crippen molar-refractivity contribution < 1.29 is 53.3 Å². The summed E-state index contributed by atoms with van der Waals surface area (Å²) in [6.07, 6.45) is -1.51. The Kier molecular flexibility index (Phi) is 13.9. The standard InChI is InChI=1S/C37H49N7O12/c1-15(2)25(35(51)43(9)13-21(46)42(8)14-22(47)44(10)29(16(3)4)37(54)55)40-34(50)26(19(7)45)41-33(49)20-12-11-17(5)31-27(20)39-28-23(36(52)53)24(38)30(48)18(6)32(28)56-31/h11-12,15-16,19,25-26,29,45H,13-14,38H2,1-10H3,(H,40,50)(H,41,49)(H,52,53)(H,54,55). The van der Waals surface area contributed by atoms with Gasteiger partial charge in [-0.3, -0.25) is 28.8 Å². The van der Waals surface area contributed by atoms with Gasteiger partial charge in [0.2, 0.25) is 29.1 Å². The fourth-order valence-corrected chi connectivity index (χ4v) is 6.07. The van der Waals surface area contributed by atoms with Gasteiger partial charge in [-0.05, 0) is 44.2 Å². The molecule has 5 amide bonds. The zero-order valence-corrected chi connectivity index (χ0v) is 32.9. The lowest BCUT2D eigenvalue weighted by Gasteiger charge is -2.31. The third-order valence-electron chi connectivity index (χ3n) is 9.39. The van der Waals surface area contributed by atoms with E-state index in [0.717, 1.165) is 14.7 Å². The number of aliphatic hydroxyl groups excluding tert-OH is 1. The number of amides is 5. The van der Waals surface area contributed by atoms with E-state index in [1.54, 1.807) is 34.6 Å². The third kappa shape index (κ3) is 9.22. The highest BCUT2D eigenvalue weighted by molar-refractivity contribution is 6.08. The normalized spacial score (nSPS) is 13.5. The molecule has 19 heteroatoms. The summed E-state index contributed by atoms with van der Waals surface area (Å²) in [7, 11) is 3.96. The number of nitrogens with zero attached hydrogens (tertiary/aromatic N) is 4. The molecule has 0 spiro atoms. The highest BCUT2D eigenvalue weighted by Crippen LogP contribution is 2.34. The van der Waals surface area contributed by atoms with Crippen LogP contribution in [0.3, 0.4) is 0 Å². The van der Waals surface area contributed by atoms with Crippen molar-refractivity contribution in [3.63, 3.8) is 0 Å². The zero-order chi connectivity index (χ0) is 42.7. The number of likely N-dealkylation sites (N-methyl/N-ethyl adjacent to an activating group) is 3. The minimum absolute atomic E-state index is 0.00369. The van der Waals surface area contributed by atoms with E-state index in [1.807, 2.05) is 0 Å². The number of anilines is 1. The summed E-state index contributed by atoms with van der Waals surface area (Å²) >= 11 is 0. The lowest BCUT2D eigenvalue weighted by molar-refractivity contribution is -0.152. The number of hydrogen-bond donors (Lipinski definition) is 6. The Balaban J connectivity index is 1.84. The molecule has 0 aromatic heterocycles. The number of nitrogens with two attached hydrogens (primary N) is 1. The monoisotopic (exact) mass is 783 g/mol. The molecule has 0 bridgehead atoms. The quantitative estimate of drug-likeness (QED) is 0.0893. The first kappa shape index (κ1) is 44.3. The first-order chi connectivity index (χ1) is 25.9. The van der Waals surface area contributed by atoms with Gasteiger partial charge in [0, 0.05) is 26.7 Å². The first-order valence-corrected chi connectivity index (χ1v) is 17.6. The summed E-state index contributed by atoms with van der Waals surface area (Å²) in [6.45, 7) is 9.81. The Bertz CT molecular complexity index is 2090. The van der Waals surface area contributed by atoms with Crippen molar-refractivity contribution in [3.8, 4) is 11.5 Å². The highest BCUT2D eigenvalue weighted by atomic mass is 16.4. The molecule has 19 nitrogen and oxygen atoms in total. The van der Waals surface area contributed by atoms with Gasteiger partial charge in [0.15, 0.2) is 11.3 Å². The second-order valence-electron chi connectivity index (χ2n) is 14.4. The summed E-state index contributed by atoms with van der Waals surface area (Å²) in [6, 6.07) is -1.15. The van der Waals surface area contributed by atoms with Crippen LogP contribution < -0.4 is 21.8 Å². The molecule has 7 N–H and O–H groups in total. The van der Waals surface area contributed by atoms with Crippen molar-refractivity contribution >= 4 is 58.3 Å². The van der Waals surface area contributed by atoms with Crippen molar-refractivity contribution in [1.29, 1.82) is 0 Å². The van der Waals surface area contributed by atoms with Gasteiger partial charge in [0.05, 0.1) is 30.4 Å². The number of aromatic nitrogens is 1. The maximum absolute atomic E-state index is 13.8. The van der Waals surface area contributed by atoms with Crippen molar-refractivity contribution in [3.05, 3.63) is 44.6 Å². The predicted octanol–water partition coefficient (Wildman–Crippen LogP) is 0.294. The summed E-state index contributed by atoms with van der Waals surface area (Å²) in [4.78, 5) is 111. The molecule has 3 rings (SSSR count). The minimum atomic E-state index is -1.64. The van der Waals surface area contributed by atoms with Gasteiger partial charge in [0.25, 0.3) is 5.91 Å². The van der Waals surface area contributed by atoms with Gasteiger partial charge in [-0.15, -0.1) is 0 Å². The average Bonchev–Trinajstić information content (AvgIpc) is 3.10. The van der Waals surface area contributed by atoms with E-state index in [-0.39, 0.29) is 33.7 Å². The molecular formula is C37H49N7O12. The molecule has 4 atom stereocenters. The van der Waals surface area contributed by atoms with Crippen molar-refractivity contribution in [2.75, 3.05) is 40.0 Å². The van der Waals surface area contributed by atoms with Crippen LogP contribution in [0.2, 0.25) is 0 Å². The first-order valence-electron chi connectivity index (χ1n) is 17.6. The van der Waals surface area contributed by atoms with E-state index in [1.165, 1.54) is 47.1 Å². The molecule has 1 aromatic carbocycles. The molecule has 0 fully saturated rings. The number of carbonyl (C=O) groups excluding carboxylic acids is 5. The highest BCUT2D eigenvalue weighted by Gasteiger charge is 2.35. The van der Waals surface area contributed by atoms with E-state index in [2.05, 4.69) is 15.6 Å². The van der Waals surface area contributed by atoms with Crippen LogP contribution in [-0.2, 0) is 24.0 Å². The number of rotatable bonds is 15. The SMILES string of the molecule is Cc1c2oc3c(C)ccc(C(=O)NC(C(=O)NC(C(=O)N(C)CC(=O)N(C)CC(=O)N(C)C(C(=O)O)C(C)C)C(C)C)C(C)O)c3nc-2c(C(=O)O)c(N)c1=O. The van der Waals surface area contributed by atoms with Crippen LogP contribution in [0, 0.1) is 25.7 Å². The van der Waals surface area contributed by atoms with E-state index in [9.17, 15) is 53.7 Å². The summed E-state index contributed by atoms with van der Waals surface area (Å²) < 4.78 is 5.95. The largest absolute Gasteiger partial charge is 0.480 e. The van der Waals surface area contributed by atoms with E-state index >= 15 is 0 Å². The Morgan fingerprint density at radius 1 is 0.857 bits per heavy atom. The maximum Gasteiger partial charge on any atom is 0.340 e. The molecular weight excluding hydrogens is 734 g/mol. The van der Waals surface area contributed by atoms with Crippen LogP contribution in [0.4, 0.5) is 5.69 Å². The zero-order valence-electron chi connectivity index (χ0n) is 32.9. The van der Waals surface area contributed by atoms with Crippen LogP contribution in [0.5, 0.6) is 0 Å². The number of aromatic carboxylic acids is 1. The Morgan fingerprint density at radius 2 is 1.45 bits per heavy atom. The lowest BCUT2D eigenvalue weighted by atomic mass is 10.00. The van der Waals surface area contributed by atoms with Crippen LogP contribution in [0.25, 0.3) is 22.6 Å². The Morgan fingerprint density at radius 3 is 1.96 bits per heavy atom. The summed E-state index contributed by atoms with van der Waals surface area (Å²) in [5.74, 6) is -7.72. The third-order valence-corrected chi connectivity index (χ3v) is 9.39. The van der Waals surface area contributed by atoms with Crippen molar-refractivity contribution in [1.82, 2.24) is 30.3 Å². The second kappa shape index (κ2) is 17.6. The number of hydrogen-bond acceptors (Lipinski definition) is 12. The smallest absolute Gasteiger partial charge is 0.340 e. The lowest BCUT2D eigenvalue weighted by Crippen LogP contribution is -2.59. The number of benzene rings is 2. The predicted molar refractivity (Wildman–Crippen MR) is 202 cm³/mol. The van der Waals surface area contributed by atoms with Crippen LogP contribution in [-0.4, -0.2) is 135 Å². The summed E-state index contributed by atoms with van der Waals surface area (Å²) in [5, 5.41) is 35.0. The molecule has 304 valence electrons. The Labute approximate surface area is 322 Å². The van der Waals surface area contributed by atoms with Crippen LogP contribution in [0.15, 0.2) is 21.3 Å². The topological polar surface area (TPSA) is 283 Å². The molecule has 4 unspecified atom stereocenters. The fraction of sp³-hybridized carbons (Fsp3) is 0.486. The van der Waals surface area contributed by atoms with Crippen molar-refractivity contribution in [2.24, 2.45) is 11.8 Å². The van der Waals surface area contributed by atoms with Crippen molar-refractivity contribution in [2.45, 2.75) is 72.7 Å². The minimum Gasteiger partial charge on any atom is -0.480 e. The number of nitrogens with one attached hydrogen (secondary N) is 2. The number of carboxylic acids is 2. The number of nitrogen functional groups attached to an aromatic ring is 1.